The Hall–Kier alpha value is -3.32. The number of rotatable bonds is 8. The second-order valence-corrected chi connectivity index (χ2v) is 10.5. The molecule has 1 aromatic carbocycles. The van der Waals surface area contributed by atoms with Crippen molar-refractivity contribution in [3.8, 4) is 0 Å². The molecule has 2 aromatic heterocycles. The van der Waals surface area contributed by atoms with E-state index in [2.05, 4.69) is 46.4 Å². The average molecular weight is 513 g/mol. The van der Waals surface area contributed by atoms with Crippen molar-refractivity contribution in [1.29, 1.82) is 0 Å². The van der Waals surface area contributed by atoms with Crippen LogP contribution in [0.3, 0.4) is 0 Å². The highest BCUT2D eigenvalue weighted by Gasteiger charge is 2.44. The van der Waals surface area contributed by atoms with Crippen molar-refractivity contribution in [1.82, 2.24) is 29.7 Å². The molecule has 0 bridgehead atoms. The number of aliphatic hydroxyl groups is 2. The first-order chi connectivity index (χ1) is 17.5. The van der Waals surface area contributed by atoms with E-state index < -0.39 is 24.5 Å². The normalized spacial score (nSPS) is 22.0. The van der Waals surface area contributed by atoms with Crippen LogP contribution in [-0.2, 0) is 10.2 Å². The lowest BCUT2D eigenvalue weighted by molar-refractivity contribution is -0.0421. The van der Waals surface area contributed by atoms with Crippen LogP contribution in [0.1, 0.15) is 39.0 Å². The van der Waals surface area contributed by atoms with Gasteiger partial charge >= 0.3 is 6.03 Å². The molecule has 12 heteroatoms. The highest BCUT2D eigenvalue weighted by Crippen LogP contribution is 2.32. The number of nitrogens with one attached hydrogen (secondary N) is 2. The standard InChI is InChI=1S/C25H36N8O4/c1-25(2,3)15-6-8-16(9-7-15)31-24(36)27-10-5-11-32(4)12-17-19(34)20(35)23(37-17)33-14-30-18-21(26)28-13-29-22(18)33/h6-9,13-14,17,19-20,23,34-35H,5,10-12H2,1-4H3,(H2,26,28,29)(H2,27,31,36)/t17-,19-,20?,23-/m1/s1. The Morgan fingerprint density at radius 3 is 2.59 bits per heavy atom. The number of hydrogen-bond acceptors (Lipinski definition) is 9. The fourth-order valence-corrected chi connectivity index (χ4v) is 4.34. The molecule has 1 saturated heterocycles. The van der Waals surface area contributed by atoms with Crippen LogP contribution in [-0.4, -0.2) is 85.7 Å². The first kappa shape index (κ1) is 26.7. The third-order valence-electron chi connectivity index (χ3n) is 6.50. The van der Waals surface area contributed by atoms with Crippen molar-refractivity contribution in [2.45, 2.75) is 57.1 Å². The van der Waals surface area contributed by atoms with E-state index in [1.807, 2.05) is 36.2 Å². The minimum Gasteiger partial charge on any atom is -0.387 e. The lowest BCUT2D eigenvalue weighted by atomic mass is 9.87. The average Bonchev–Trinajstić information content (AvgIpc) is 3.39. The summed E-state index contributed by atoms with van der Waals surface area (Å²) in [5, 5.41) is 26.9. The fourth-order valence-electron chi connectivity index (χ4n) is 4.34. The number of fused-ring (bicyclic) bond motifs is 1. The van der Waals surface area contributed by atoms with Gasteiger partial charge in [0.25, 0.3) is 0 Å². The lowest BCUT2D eigenvalue weighted by Gasteiger charge is -2.22. The number of anilines is 2. The van der Waals surface area contributed by atoms with Gasteiger partial charge in [0.15, 0.2) is 17.7 Å². The minimum atomic E-state index is -1.16. The zero-order valence-electron chi connectivity index (χ0n) is 21.6. The maximum atomic E-state index is 12.2. The van der Waals surface area contributed by atoms with Gasteiger partial charge < -0.3 is 36.2 Å². The number of carbonyl (C=O) groups excluding carboxylic acids is 1. The molecule has 0 spiro atoms. The first-order valence-corrected chi connectivity index (χ1v) is 12.3. The smallest absolute Gasteiger partial charge is 0.319 e. The number of imidazole rings is 1. The Kier molecular flexibility index (Phi) is 7.93. The van der Waals surface area contributed by atoms with Gasteiger partial charge in [-0.1, -0.05) is 32.9 Å². The van der Waals surface area contributed by atoms with Gasteiger partial charge in [-0.2, -0.15) is 0 Å². The highest BCUT2D eigenvalue weighted by atomic mass is 16.6. The molecule has 6 N–H and O–H groups in total. The topological polar surface area (TPSA) is 164 Å². The number of carbonyl (C=O) groups is 1. The first-order valence-electron chi connectivity index (χ1n) is 12.3. The van der Waals surface area contributed by atoms with Gasteiger partial charge in [0.1, 0.15) is 30.2 Å². The molecule has 0 aliphatic carbocycles. The van der Waals surface area contributed by atoms with E-state index in [4.69, 9.17) is 10.5 Å². The van der Waals surface area contributed by atoms with E-state index in [1.165, 1.54) is 18.2 Å². The number of nitrogen functional groups attached to an aromatic ring is 1. The van der Waals surface area contributed by atoms with Crippen LogP contribution >= 0.6 is 0 Å². The van der Waals surface area contributed by atoms with E-state index in [9.17, 15) is 15.0 Å². The second kappa shape index (κ2) is 11.0. The largest absolute Gasteiger partial charge is 0.387 e. The van der Waals surface area contributed by atoms with E-state index in [0.717, 1.165) is 5.69 Å². The van der Waals surface area contributed by atoms with Crippen molar-refractivity contribution in [3.05, 3.63) is 42.5 Å². The molecule has 1 unspecified atom stereocenters. The number of nitrogens with two attached hydrogens (primary N) is 1. The zero-order valence-corrected chi connectivity index (χ0v) is 21.6. The summed E-state index contributed by atoms with van der Waals surface area (Å²) in [6.07, 6.45) is -0.227. The number of benzene rings is 1. The van der Waals surface area contributed by atoms with E-state index in [0.29, 0.717) is 37.2 Å². The van der Waals surface area contributed by atoms with Crippen molar-refractivity contribution in [3.63, 3.8) is 0 Å². The quantitative estimate of drug-likeness (QED) is 0.281. The molecule has 2 amide bonds. The van der Waals surface area contributed by atoms with Gasteiger partial charge in [0, 0.05) is 18.8 Å². The number of aromatic nitrogens is 4. The predicted molar refractivity (Wildman–Crippen MR) is 140 cm³/mol. The summed E-state index contributed by atoms with van der Waals surface area (Å²) in [7, 11) is 1.90. The van der Waals surface area contributed by atoms with Crippen molar-refractivity contribution >= 4 is 28.7 Å². The van der Waals surface area contributed by atoms with Crippen LogP contribution in [0.2, 0.25) is 0 Å². The van der Waals surface area contributed by atoms with Crippen molar-refractivity contribution in [2.75, 3.05) is 37.7 Å². The maximum Gasteiger partial charge on any atom is 0.319 e. The summed E-state index contributed by atoms with van der Waals surface area (Å²) in [6.45, 7) is 7.97. The number of likely N-dealkylation sites (N-methyl/N-ethyl adjacent to an activating group) is 1. The monoisotopic (exact) mass is 512 g/mol. The molecule has 200 valence electrons. The molecule has 4 rings (SSSR count). The molecule has 1 fully saturated rings. The van der Waals surface area contributed by atoms with Crippen molar-refractivity contribution < 1.29 is 19.7 Å². The van der Waals surface area contributed by atoms with Crippen LogP contribution in [0.4, 0.5) is 16.3 Å². The molecule has 1 aliphatic heterocycles. The van der Waals surface area contributed by atoms with Gasteiger partial charge in [-0.05, 0) is 43.1 Å². The summed E-state index contributed by atoms with van der Waals surface area (Å²) in [5.41, 5.74) is 8.67. The minimum absolute atomic E-state index is 0.0583. The third-order valence-corrected chi connectivity index (χ3v) is 6.50. The number of urea groups is 1. The SMILES string of the molecule is CN(CCCNC(=O)Nc1ccc(C(C)(C)C)cc1)C[C@H]1O[C@@H](n2cnc3c(N)ncnc32)C(O)[C@@H]1O. The second-order valence-electron chi connectivity index (χ2n) is 10.5. The molecule has 4 atom stereocenters. The van der Waals surface area contributed by atoms with E-state index in [-0.39, 0.29) is 17.3 Å². The van der Waals surface area contributed by atoms with Gasteiger partial charge in [0.05, 0.1) is 6.33 Å². The number of hydrogen-bond donors (Lipinski definition) is 5. The van der Waals surface area contributed by atoms with Crippen LogP contribution in [0.5, 0.6) is 0 Å². The Morgan fingerprint density at radius 2 is 1.89 bits per heavy atom. The summed E-state index contributed by atoms with van der Waals surface area (Å²) < 4.78 is 7.55. The van der Waals surface area contributed by atoms with E-state index in [1.54, 1.807) is 4.57 Å². The summed E-state index contributed by atoms with van der Waals surface area (Å²) in [6, 6.07) is 7.57. The number of aliphatic hydroxyl groups excluding tert-OH is 2. The zero-order chi connectivity index (χ0) is 26.7. The van der Waals surface area contributed by atoms with Gasteiger partial charge in [-0.15, -0.1) is 0 Å². The fraction of sp³-hybridized carbons (Fsp3) is 0.520. The molecule has 1 aliphatic rings. The number of ether oxygens (including phenoxy) is 1. The molecule has 12 nitrogen and oxygen atoms in total. The van der Waals surface area contributed by atoms with Crippen LogP contribution in [0.25, 0.3) is 11.2 Å². The van der Waals surface area contributed by atoms with Gasteiger partial charge in [0.2, 0.25) is 0 Å². The highest BCUT2D eigenvalue weighted by molar-refractivity contribution is 5.89. The summed E-state index contributed by atoms with van der Waals surface area (Å²) >= 11 is 0. The third kappa shape index (κ3) is 6.16. The van der Waals surface area contributed by atoms with E-state index >= 15 is 0 Å². The number of amides is 2. The maximum absolute atomic E-state index is 12.2. The van der Waals surface area contributed by atoms with Crippen LogP contribution < -0.4 is 16.4 Å². The molecule has 0 radical (unpaired) electrons. The molecule has 3 heterocycles. The van der Waals surface area contributed by atoms with Gasteiger partial charge in [-0.25, -0.2) is 19.7 Å². The molecular formula is C25H36N8O4. The Bertz CT molecular complexity index is 1210. The molecule has 3 aromatic rings. The molecule has 0 saturated carbocycles. The van der Waals surface area contributed by atoms with Gasteiger partial charge in [-0.3, -0.25) is 4.57 Å². The van der Waals surface area contributed by atoms with Crippen LogP contribution in [0.15, 0.2) is 36.9 Å². The summed E-state index contributed by atoms with van der Waals surface area (Å²) in [5.74, 6) is 0.230. The Balaban J connectivity index is 1.21. The van der Waals surface area contributed by atoms with Crippen LogP contribution in [0, 0.1) is 0 Å². The summed E-state index contributed by atoms with van der Waals surface area (Å²) in [4.78, 5) is 26.5. The lowest BCUT2D eigenvalue weighted by Crippen LogP contribution is -2.39. The molecule has 37 heavy (non-hydrogen) atoms. The Labute approximate surface area is 215 Å². The van der Waals surface area contributed by atoms with Crippen molar-refractivity contribution in [2.24, 2.45) is 0 Å². The Morgan fingerprint density at radius 1 is 1.16 bits per heavy atom. The number of nitrogens with zero attached hydrogens (tertiary/aromatic N) is 5. The molecular weight excluding hydrogens is 476 g/mol. The predicted octanol–water partition coefficient (Wildman–Crippen LogP) is 1.47.